The van der Waals surface area contributed by atoms with Gasteiger partial charge in [0.05, 0.1) is 4.92 Å². The number of rotatable bonds is 4. The number of likely N-dealkylation sites (N-methyl/N-ethyl adjacent to an activating group) is 1. The summed E-state index contributed by atoms with van der Waals surface area (Å²) in [7, 11) is 1.20. The van der Waals surface area contributed by atoms with Crippen molar-refractivity contribution in [2.45, 2.75) is 5.91 Å². The lowest BCUT2D eigenvalue weighted by Crippen LogP contribution is -2.46. The van der Waals surface area contributed by atoms with Crippen LogP contribution in [0.5, 0.6) is 0 Å². The summed E-state index contributed by atoms with van der Waals surface area (Å²) in [5, 5.41) is 37.8. The maximum absolute atomic E-state index is 11.4. The van der Waals surface area contributed by atoms with Crippen molar-refractivity contribution >= 4 is 5.78 Å². The molecule has 0 amide bonds. The van der Waals surface area contributed by atoms with Gasteiger partial charge in [-0.05, 0) is 6.08 Å². The fraction of sp³-hybridized carbons (Fsp3) is 0.300. The van der Waals surface area contributed by atoms with Crippen molar-refractivity contribution in [2.75, 3.05) is 13.7 Å². The second-order valence-electron chi connectivity index (χ2n) is 3.65. The fourth-order valence-corrected chi connectivity index (χ4v) is 1.17. The topological polar surface area (TPSA) is 156 Å². The van der Waals surface area contributed by atoms with E-state index in [4.69, 9.17) is 5.11 Å². The molecule has 0 spiro atoms. The van der Waals surface area contributed by atoms with Crippen molar-refractivity contribution in [3.05, 3.63) is 45.8 Å². The molecule has 0 unspecified atom stereocenters. The first-order valence-corrected chi connectivity index (χ1v) is 4.87. The number of nitro groups is 1. The summed E-state index contributed by atoms with van der Waals surface area (Å²) in [4.78, 5) is 22.1. The molecule has 19 heavy (non-hydrogen) atoms. The molecule has 0 aliphatic heterocycles. The molecule has 5 N–H and O–H groups in total. The zero-order valence-electron chi connectivity index (χ0n) is 9.98. The first kappa shape index (κ1) is 16.9. The highest BCUT2D eigenvalue weighted by molar-refractivity contribution is 6.07. The Labute approximate surface area is 107 Å². The number of aliphatic hydroxyl groups is 3. The lowest BCUT2D eigenvalue weighted by atomic mass is 10.1. The van der Waals surface area contributed by atoms with E-state index >= 15 is 0 Å². The molecule has 1 rings (SSSR count). The van der Waals surface area contributed by atoms with Crippen LogP contribution in [0.15, 0.2) is 35.7 Å². The van der Waals surface area contributed by atoms with E-state index in [1.807, 2.05) is 0 Å². The molecule has 0 aromatic rings. The molecule has 0 atom stereocenters. The molecule has 0 saturated carbocycles. The largest absolute Gasteiger partial charge is 0.412 e. The molecule has 0 aromatic carbocycles. The third-order valence-corrected chi connectivity index (χ3v) is 2.31. The van der Waals surface area contributed by atoms with Gasteiger partial charge in [-0.15, -0.1) is 0 Å². The van der Waals surface area contributed by atoms with Crippen molar-refractivity contribution in [2.24, 2.45) is 0 Å². The normalized spacial score (nSPS) is 16.9. The van der Waals surface area contributed by atoms with Crippen LogP contribution in [0.4, 0.5) is 0 Å². The number of allylic oxidation sites excluding steroid dienone is 4. The van der Waals surface area contributed by atoms with Crippen LogP contribution in [0.3, 0.4) is 0 Å². The van der Waals surface area contributed by atoms with Gasteiger partial charge in [0.15, 0.2) is 5.78 Å². The van der Waals surface area contributed by atoms with Gasteiger partial charge in [0.1, 0.15) is 6.61 Å². The smallest absolute Gasteiger partial charge is 0.270 e. The van der Waals surface area contributed by atoms with E-state index in [-0.39, 0.29) is 16.7 Å². The van der Waals surface area contributed by atoms with Gasteiger partial charge in [0.2, 0.25) is 0 Å². The Morgan fingerprint density at radius 3 is 2.53 bits per heavy atom. The Hall–Kier alpha value is -2.07. The standard InChI is InChI=1S/C10H12N2O6.H2O/c1-11(10(15,16)6-13)5-7-4-8(12(17)18)2-3-9(7)14;/h2-5,13,15-16H,6H2,1H3;1H2. The highest BCUT2D eigenvalue weighted by Crippen LogP contribution is 2.16. The van der Waals surface area contributed by atoms with Gasteiger partial charge < -0.3 is 25.7 Å². The van der Waals surface area contributed by atoms with E-state index in [1.165, 1.54) is 7.05 Å². The Morgan fingerprint density at radius 1 is 1.47 bits per heavy atom. The number of aliphatic hydroxyl groups excluding tert-OH is 1. The second-order valence-corrected chi connectivity index (χ2v) is 3.65. The molecule has 1 aliphatic carbocycles. The third kappa shape index (κ3) is 3.96. The van der Waals surface area contributed by atoms with Gasteiger partial charge in [-0.2, -0.15) is 0 Å². The van der Waals surface area contributed by atoms with Crippen LogP contribution in [-0.4, -0.2) is 56.0 Å². The van der Waals surface area contributed by atoms with E-state index in [1.54, 1.807) is 0 Å². The van der Waals surface area contributed by atoms with Crippen LogP contribution in [-0.2, 0) is 4.79 Å². The third-order valence-electron chi connectivity index (χ3n) is 2.31. The molecule has 0 radical (unpaired) electrons. The summed E-state index contributed by atoms with van der Waals surface area (Å²) in [5.41, 5.74) is -0.382. The Morgan fingerprint density at radius 2 is 2.05 bits per heavy atom. The summed E-state index contributed by atoms with van der Waals surface area (Å²) in [6.45, 7) is -0.983. The zero-order valence-corrected chi connectivity index (χ0v) is 9.98. The van der Waals surface area contributed by atoms with Crippen LogP contribution in [0.25, 0.3) is 0 Å². The number of ketones is 1. The lowest BCUT2D eigenvalue weighted by Gasteiger charge is -2.29. The van der Waals surface area contributed by atoms with E-state index in [0.717, 1.165) is 29.3 Å². The predicted molar refractivity (Wildman–Crippen MR) is 62.9 cm³/mol. The lowest BCUT2D eigenvalue weighted by molar-refractivity contribution is -0.419. The van der Waals surface area contributed by atoms with E-state index in [9.17, 15) is 25.1 Å². The molecule has 0 heterocycles. The summed E-state index contributed by atoms with van der Waals surface area (Å²) < 4.78 is 0. The second kappa shape index (κ2) is 6.20. The van der Waals surface area contributed by atoms with Crippen molar-refractivity contribution in [3.63, 3.8) is 0 Å². The number of hydrogen-bond acceptors (Lipinski definition) is 7. The monoisotopic (exact) mass is 274 g/mol. The SMILES string of the molecule is CN(C=C1C=C([N+](=O)[O-])C=CC1=O)C(O)(O)CO.O. The molecule has 106 valence electrons. The molecule has 9 nitrogen and oxygen atoms in total. The maximum atomic E-state index is 11.4. The fourth-order valence-electron chi connectivity index (χ4n) is 1.17. The van der Waals surface area contributed by atoms with Gasteiger partial charge in [-0.25, -0.2) is 0 Å². The predicted octanol–water partition coefficient (Wildman–Crippen LogP) is -2.09. The molecule has 0 aromatic heterocycles. The summed E-state index contributed by atoms with van der Waals surface area (Å²) >= 11 is 0. The van der Waals surface area contributed by atoms with Gasteiger partial charge in [-0.3, -0.25) is 14.9 Å². The van der Waals surface area contributed by atoms with Crippen LogP contribution in [0, 0.1) is 10.1 Å². The van der Waals surface area contributed by atoms with Gasteiger partial charge >= 0.3 is 0 Å². The minimum Gasteiger partial charge on any atom is -0.412 e. The van der Waals surface area contributed by atoms with E-state index in [2.05, 4.69) is 0 Å². The molecule has 0 bridgehead atoms. The number of carbonyl (C=O) groups is 1. The summed E-state index contributed by atoms with van der Waals surface area (Å²) in [6.07, 6.45) is 4.07. The van der Waals surface area contributed by atoms with E-state index < -0.39 is 23.2 Å². The molecule has 9 heteroatoms. The van der Waals surface area contributed by atoms with Crippen LogP contribution >= 0.6 is 0 Å². The van der Waals surface area contributed by atoms with Crippen molar-refractivity contribution in [1.82, 2.24) is 4.90 Å². The van der Waals surface area contributed by atoms with Gasteiger partial charge in [0, 0.05) is 31.0 Å². The highest BCUT2D eigenvalue weighted by atomic mass is 16.6. The van der Waals surface area contributed by atoms with Crippen molar-refractivity contribution in [3.8, 4) is 0 Å². The van der Waals surface area contributed by atoms with Crippen LogP contribution < -0.4 is 0 Å². The van der Waals surface area contributed by atoms with Crippen LogP contribution in [0.1, 0.15) is 0 Å². The molecule has 0 fully saturated rings. The van der Waals surface area contributed by atoms with Gasteiger partial charge in [-0.1, -0.05) is 0 Å². The van der Waals surface area contributed by atoms with Gasteiger partial charge in [0.25, 0.3) is 11.6 Å². The number of carbonyl (C=O) groups excluding carboxylic acids is 1. The molecule has 1 aliphatic rings. The van der Waals surface area contributed by atoms with Crippen molar-refractivity contribution < 1.29 is 30.5 Å². The minimum absolute atomic E-state index is 0. The minimum atomic E-state index is -2.54. The van der Waals surface area contributed by atoms with Crippen LogP contribution in [0.2, 0.25) is 0 Å². The van der Waals surface area contributed by atoms with E-state index in [0.29, 0.717) is 0 Å². The maximum Gasteiger partial charge on any atom is 0.270 e. The Kier molecular flexibility index (Phi) is 5.53. The Bertz CT molecular complexity index is 464. The highest BCUT2D eigenvalue weighted by Gasteiger charge is 2.27. The number of nitrogens with zero attached hydrogens (tertiary/aromatic N) is 2. The quantitative estimate of drug-likeness (QED) is 0.229. The first-order valence-electron chi connectivity index (χ1n) is 4.87. The zero-order chi connectivity index (χ0) is 13.9. The molecule has 0 saturated heterocycles. The molecular weight excluding hydrogens is 260 g/mol. The first-order chi connectivity index (χ1) is 8.27. The average Bonchev–Trinajstić information content (AvgIpc) is 2.31. The summed E-state index contributed by atoms with van der Waals surface area (Å²) in [5.74, 6) is -3.06. The number of hydrogen-bond donors (Lipinski definition) is 3. The Balaban J connectivity index is 0.00000324. The molecular formula is C10H14N2O7. The summed E-state index contributed by atoms with van der Waals surface area (Å²) in [6, 6.07) is 0. The van der Waals surface area contributed by atoms with Crippen molar-refractivity contribution in [1.29, 1.82) is 0 Å². The average molecular weight is 274 g/mol.